The Morgan fingerprint density at radius 3 is 2.43 bits per heavy atom. The Morgan fingerprint density at radius 1 is 1.07 bits per heavy atom. The molecule has 0 bridgehead atoms. The average molecular weight is 389 g/mol. The van der Waals surface area contributed by atoms with Gasteiger partial charge in [0.05, 0.1) is 17.7 Å². The Hall–Kier alpha value is -3.62. The lowest BCUT2D eigenvalue weighted by Crippen LogP contribution is -2.28. The molecule has 1 heterocycles. The first kappa shape index (κ1) is 19.2. The van der Waals surface area contributed by atoms with Gasteiger partial charge in [-0.25, -0.2) is 4.98 Å². The van der Waals surface area contributed by atoms with Gasteiger partial charge in [0.2, 0.25) is 5.91 Å². The number of carbonyl (C=O) groups is 1. The van der Waals surface area contributed by atoms with Crippen LogP contribution < -0.4 is 15.6 Å². The van der Waals surface area contributed by atoms with E-state index in [1.165, 1.54) is 30.6 Å². The highest BCUT2D eigenvalue weighted by atomic mass is 19.4. The highest BCUT2D eigenvalue weighted by Crippen LogP contribution is 2.29. The van der Waals surface area contributed by atoms with Crippen LogP contribution in [-0.4, -0.2) is 21.8 Å². The van der Waals surface area contributed by atoms with E-state index < -0.39 is 30.1 Å². The first-order chi connectivity index (χ1) is 13.3. The third-order valence-corrected chi connectivity index (χ3v) is 3.65. The molecule has 0 saturated heterocycles. The number of amides is 1. The number of rotatable bonds is 5. The van der Waals surface area contributed by atoms with E-state index in [-0.39, 0.29) is 5.69 Å². The van der Waals surface area contributed by atoms with Gasteiger partial charge in [-0.2, -0.15) is 0 Å². The molecule has 0 aliphatic carbocycles. The quantitative estimate of drug-likeness (QED) is 0.726. The Morgan fingerprint density at radius 2 is 1.75 bits per heavy atom. The Labute approximate surface area is 157 Å². The molecule has 2 aromatic carbocycles. The summed E-state index contributed by atoms with van der Waals surface area (Å²) < 4.78 is 42.3. The van der Waals surface area contributed by atoms with Gasteiger partial charge >= 0.3 is 6.36 Å². The second-order valence-corrected chi connectivity index (χ2v) is 5.70. The predicted octanol–water partition coefficient (Wildman–Crippen LogP) is 3.45. The van der Waals surface area contributed by atoms with Crippen LogP contribution in [0, 0.1) is 0 Å². The van der Waals surface area contributed by atoms with Gasteiger partial charge in [-0.1, -0.05) is 42.5 Å². The molecule has 0 fully saturated rings. The number of hydrogen-bond acceptors (Lipinski definition) is 4. The van der Waals surface area contributed by atoms with Gasteiger partial charge in [0.15, 0.2) is 5.75 Å². The molecular formula is C19H14F3N3O3. The number of hydrogen-bond donors (Lipinski definition) is 1. The van der Waals surface area contributed by atoms with Gasteiger partial charge < -0.3 is 10.1 Å². The highest BCUT2D eigenvalue weighted by molar-refractivity contribution is 5.92. The highest BCUT2D eigenvalue weighted by Gasteiger charge is 2.32. The number of ether oxygens (including phenoxy) is 1. The van der Waals surface area contributed by atoms with Crippen molar-refractivity contribution in [1.29, 1.82) is 0 Å². The topological polar surface area (TPSA) is 73.2 Å². The minimum Gasteiger partial charge on any atom is -0.404 e. The summed E-state index contributed by atoms with van der Waals surface area (Å²) in [6.07, 6.45) is -3.68. The molecule has 0 aliphatic rings. The smallest absolute Gasteiger partial charge is 0.404 e. The molecule has 6 nitrogen and oxygen atoms in total. The monoisotopic (exact) mass is 389 g/mol. The molecular weight excluding hydrogens is 375 g/mol. The number of nitrogens with zero attached hydrogens (tertiary/aromatic N) is 2. The summed E-state index contributed by atoms with van der Waals surface area (Å²) >= 11 is 0. The van der Waals surface area contributed by atoms with Gasteiger partial charge in [0, 0.05) is 11.6 Å². The van der Waals surface area contributed by atoms with Crippen molar-refractivity contribution in [1.82, 2.24) is 9.55 Å². The van der Waals surface area contributed by atoms with Crippen LogP contribution in [0.25, 0.3) is 11.3 Å². The molecule has 0 radical (unpaired) electrons. The van der Waals surface area contributed by atoms with E-state index in [1.807, 2.05) is 6.07 Å². The Kier molecular flexibility index (Phi) is 5.44. The summed E-state index contributed by atoms with van der Waals surface area (Å²) in [5, 5.41) is 2.30. The standard InChI is InChI=1S/C19H14F3N3O3/c20-19(21,22)28-16-9-5-4-8-14(16)24-17(26)11-25-12-23-15(10-18(25)27)13-6-2-1-3-7-13/h1-10,12H,11H2,(H,24,26). The van der Waals surface area contributed by atoms with Crippen molar-refractivity contribution in [3.8, 4) is 17.0 Å². The van der Waals surface area contributed by atoms with Crippen LogP contribution in [0.15, 0.2) is 71.8 Å². The zero-order valence-corrected chi connectivity index (χ0v) is 14.3. The second kappa shape index (κ2) is 7.95. The van der Waals surface area contributed by atoms with E-state index in [4.69, 9.17) is 0 Å². The lowest BCUT2D eigenvalue weighted by molar-refractivity contribution is -0.274. The number of carbonyl (C=O) groups excluding carboxylic acids is 1. The molecule has 3 aromatic rings. The molecule has 3 rings (SSSR count). The molecule has 0 aliphatic heterocycles. The van der Waals surface area contributed by atoms with Crippen LogP contribution in [-0.2, 0) is 11.3 Å². The maximum absolute atomic E-state index is 12.4. The summed E-state index contributed by atoms with van der Waals surface area (Å²) in [4.78, 5) is 28.5. The summed E-state index contributed by atoms with van der Waals surface area (Å²) in [6, 6.07) is 15.4. The SMILES string of the molecule is O=C(Cn1cnc(-c2ccccc2)cc1=O)Nc1ccccc1OC(F)(F)F. The van der Waals surface area contributed by atoms with Crippen molar-refractivity contribution < 1.29 is 22.7 Å². The van der Waals surface area contributed by atoms with E-state index in [1.54, 1.807) is 24.3 Å². The van der Waals surface area contributed by atoms with Crippen LogP contribution in [0.2, 0.25) is 0 Å². The van der Waals surface area contributed by atoms with Gasteiger partial charge in [-0.15, -0.1) is 13.2 Å². The van der Waals surface area contributed by atoms with Gasteiger partial charge in [-0.05, 0) is 12.1 Å². The van der Waals surface area contributed by atoms with Gasteiger partial charge in [0.1, 0.15) is 6.54 Å². The number of halogens is 3. The molecule has 144 valence electrons. The normalized spacial score (nSPS) is 11.1. The molecule has 0 atom stereocenters. The molecule has 9 heteroatoms. The Balaban J connectivity index is 1.73. The fraction of sp³-hybridized carbons (Fsp3) is 0.105. The molecule has 1 aromatic heterocycles. The van der Waals surface area contributed by atoms with Crippen LogP contribution in [0.4, 0.5) is 18.9 Å². The van der Waals surface area contributed by atoms with E-state index in [2.05, 4.69) is 15.0 Å². The fourth-order valence-corrected chi connectivity index (χ4v) is 2.44. The number of aromatic nitrogens is 2. The zero-order valence-electron chi connectivity index (χ0n) is 14.3. The van der Waals surface area contributed by atoms with Gasteiger partial charge in [0.25, 0.3) is 5.56 Å². The van der Waals surface area contributed by atoms with Crippen molar-refractivity contribution in [2.75, 3.05) is 5.32 Å². The first-order valence-electron chi connectivity index (χ1n) is 8.08. The second-order valence-electron chi connectivity index (χ2n) is 5.70. The molecule has 1 amide bonds. The van der Waals surface area contributed by atoms with Crippen molar-refractivity contribution in [2.24, 2.45) is 0 Å². The maximum atomic E-state index is 12.4. The summed E-state index contributed by atoms with van der Waals surface area (Å²) in [5.41, 5.74) is 0.566. The summed E-state index contributed by atoms with van der Waals surface area (Å²) in [6.45, 7) is -0.415. The predicted molar refractivity (Wildman–Crippen MR) is 95.7 cm³/mol. The fourth-order valence-electron chi connectivity index (χ4n) is 2.44. The number of para-hydroxylation sites is 2. The minimum absolute atomic E-state index is 0.160. The lowest BCUT2D eigenvalue weighted by Gasteiger charge is -2.14. The number of benzene rings is 2. The largest absolute Gasteiger partial charge is 0.573 e. The minimum atomic E-state index is -4.89. The van der Waals surface area contributed by atoms with E-state index in [9.17, 15) is 22.8 Å². The third-order valence-electron chi connectivity index (χ3n) is 3.65. The van der Waals surface area contributed by atoms with Crippen LogP contribution in [0.3, 0.4) is 0 Å². The van der Waals surface area contributed by atoms with Gasteiger partial charge in [-0.3, -0.25) is 14.2 Å². The molecule has 0 saturated carbocycles. The van der Waals surface area contributed by atoms with Crippen molar-refractivity contribution in [3.05, 3.63) is 77.3 Å². The van der Waals surface area contributed by atoms with Crippen LogP contribution >= 0.6 is 0 Å². The van der Waals surface area contributed by atoms with Crippen molar-refractivity contribution in [3.63, 3.8) is 0 Å². The number of nitrogens with one attached hydrogen (secondary N) is 1. The zero-order chi connectivity index (χ0) is 20.1. The third kappa shape index (κ3) is 4.97. The van der Waals surface area contributed by atoms with E-state index in [0.717, 1.165) is 16.2 Å². The van der Waals surface area contributed by atoms with E-state index >= 15 is 0 Å². The molecule has 1 N–H and O–H groups in total. The van der Waals surface area contributed by atoms with Crippen LogP contribution in [0.1, 0.15) is 0 Å². The molecule has 28 heavy (non-hydrogen) atoms. The summed E-state index contributed by atoms with van der Waals surface area (Å²) in [5.74, 6) is -1.25. The lowest BCUT2D eigenvalue weighted by atomic mass is 10.1. The van der Waals surface area contributed by atoms with Crippen molar-refractivity contribution >= 4 is 11.6 Å². The first-order valence-corrected chi connectivity index (χ1v) is 8.08. The maximum Gasteiger partial charge on any atom is 0.573 e. The molecule has 0 unspecified atom stereocenters. The molecule has 0 spiro atoms. The van der Waals surface area contributed by atoms with Crippen molar-refractivity contribution in [2.45, 2.75) is 12.9 Å². The van der Waals surface area contributed by atoms with E-state index in [0.29, 0.717) is 5.69 Å². The Bertz CT molecular complexity index is 1030. The number of anilines is 1. The van der Waals surface area contributed by atoms with Crippen LogP contribution in [0.5, 0.6) is 5.75 Å². The number of alkyl halides is 3. The summed E-state index contributed by atoms with van der Waals surface area (Å²) in [7, 11) is 0. The average Bonchev–Trinajstić information content (AvgIpc) is 2.64.